The van der Waals surface area contributed by atoms with Gasteiger partial charge in [0.25, 0.3) is 5.92 Å². The summed E-state index contributed by atoms with van der Waals surface area (Å²) in [6.45, 7) is 3.52. The van der Waals surface area contributed by atoms with Crippen molar-refractivity contribution in [3.8, 4) is 0 Å². The quantitative estimate of drug-likeness (QED) is 0.859. The number of hydrogen-bond acceptors (Lipinski definition) is 2. The molecule has 1 aliphatic heterocycles. The van der Waals surface area contributed by atoms with E-state index in [1.165, 1.54) is 11.3 Å². The lowest BCUT2D eigenvalue weighted by atomic mass is 9.90. The fourth-order valence-corrected chi connectivity index (χ4v) is 3.21. The number of aryl methyl sites for hydroxylation is 1. The number of hydrogen-bond donors (Lipinski definition) is 1. The molecule has 2 heterocycles. The molecule has 16 heavy (non-hydrogen) atoms. The fraction of sp³-hybridized carbons (Fsp3) is 0.667. The van der Waals surface area contributed by atoms with E-state index in [1.54, 1.807) is 18.4 Å². The first-order valence-electron chi connectivity index (χ1n) is 5.73. The van der Waals surface area contributed by atoms with Gasteiger partial charge < -0.3 is 5.32 Å². The van der Waals surface area contributed by atoms with E-state index in [0.717, 1.165) is 31.5 Å². The lowest BCUT2D eigenvalue weighted by Crippen LogP contribution is -2.30. The van der Waals surface area contributed by atoms with Crippen LogP contribution in [0.2, 0.25) is 0 Å². The molecule has 2 rings (SSSR count). The van der Waals surface area contributed by atoms with Crippen LogP contribution in [0.25, 0.3) is 0 Å². The number of thiophene rings is 1. The summed E-state index contributed by atoms with van der Waals surface area (Å²) in [4.78, 5) is 0.256. The van der Waals surface area contributed by atoms with Crippen LogP contribution >= 0.6 is 11.3 Å². The Morgan fingerprint density at radius 2 is 2.12 bits per heavy atom. The van der Waals surface area contributed by atoms with Crippen LogP contribution in [0.4, 0.5) is 8.78 Å². The molecular weight excluding hydrogens is 228 g/mol. The Morgan fingerprint density at radius 3 is 2.69 bits per heavy atom. The Labute approximate surface area is 98.9 Å². The number of nitrogens with one attached hydrogen (secondary N) is 1. The molecule has 90 valence electrons. The molecular formula is C12H17F2NS. The molecule has 0 radical (unpaired) electrons. The van der Waals surface area contributed by atoms with Crippen molar-refractivity contribution in [1.82, 2.24) is 5.32 Å². The Kier molecular flexibility index (Phi) is 3.60. The summed E-state index contributed by atoms with van der Waals surface area (Å²) in [5.41, 5.74) is 0.726. The van der Waals surface area contributed by atoms with Gasteiger partial charge in [0.1, 0.15) is 0 Å². The minimum absolute atomic E-state index is 0.00995. The third kappa shape index (κ3) is 2.61. The van der Waals surface area contributed by atoms with Gasteiger partial charge in [-0.15, -0.1) is 11.3 Å². The van der Waals surface area contributed by atoms with E-state index in [2.05, 4.69) is 5.32 Å². The van der Waals surface area contributed by atoms with Crippen molar-refractivity contribution in [1.29, 1.82) is 0 Å². The van der Waals surface area contributed by atoms with Gasteiger partial charge in [0, 0.05) is 6.42 Å². The first-order valence-corrected chi connectivity index (χ1v) is 6.60. The smallest absolute Gasteiger partial charge is 0.282 e. The largest absolute Gasteiger partial charge is 0.317 e. The molecule has 1 N–H and O–H groups in total. The molecule has 0 aromatic carbocycles. The van der Waals surface area contributed by atoms with E-state index in [9.17, 15) is 8.78 Å². The van der Waals surface area contributed by atoms with Crippen LogP contribution < -0.4 is 5.32 Å². The van der Waals surface area contributed by atoms with Crippen LogP contribution in [-0.4, -0.2) is 13.1 Å². The Morgan fingerprint density at radius 1 is 1.44 bits per heavy atom. The summed E-state index contributed by atoms with van der Waals surface area (Å²) < 4.78 is 28.0. The number of halogens is 2. The van der Waals surface area contributed by atoms with Crippen molar-refractivity contribution in [3.63, 3.8) is 0 Å². The van der Waals surface area contributed by atoms with Gasteiger partial charge in [0.05, 0.1) is 4.88 Å². The van der Waals surface area contributed by atoms with Crippen LogP contribution in [0.3, 0.4) is 0 Å². The van der Waals surface area contributed by atoms with Crippen molar-refractivity contribution in [3.05, 3.63) is 21.9 Å². The lowest BCUT2D eigenvalue weighted by molar-refractivity contribution is -0.0295. The van der Waals surface area contributed by atoms with Gasteiger partial charge in [-0.05, 0) is 55.8 Å². The third-order valence-corrected chi connectivity index (χ3v) is 4.33. The first kappa shape index (κ1) is 12.0. The average molecular weight is 245 g/mol. The summed E-state index contributed by atoms with van der Waals surface area (Å²) in [5.74, 6) is -2.47. The molecule has 0 atom stereocenters. The zero-order valence-corrected chi connectivity index (χ0v) is 10.2. The van der Waals surface area contributed by atoms with Crippen LogP contribution in [0.1, 0.15) is 29.7 Å². The SMILES string of the molecule is Cc1ccsc1C(F)(F)CC1CCNCC1. The maximum atomic E-state index is 14.0. The molecule has 0 spiro atoms. The Balaban J connectivity index is 2.04. The standard InChI is InChI=1S/C12H17F2NS/c1-9-4-7-16-11(9)12(13,14)8-10-2-5-15-6-3-10/h4,7,10,15H,2-3,5-6,8H2,1H3. The predicted octanol–water partition coefficient (Wildman–Crippen LogP) is 3.54. The van der Waals surface area contributed by atoms with Crippen LogP contribution in [0, 0.1) is 12.8 Å². The highest BCUT2D eigenvalue weighted by molar-refractivity contribution is 7.10. The van der Waals surface area contributed by atoms with E-state index in [4.69, 9.17) is 0 Å². The van der Waals surface area contributed by atoms with Gasteiger partial charge in [-0.25, -0.2) is 8.78 Å². The van der Waals surface area contributed by atoms with Gasteiger partial charge in [0.15, 0.2) is 0 Å². The molecule has 0 aliphatic carbocycles. The number of alkyl halides is 2. The second-order valence-corrected chi connectivity index (χ2v) is 5.45. The van der Waals surface area contributed by atoms with E-state index >= 15 is 0 Å². The van der Waals surface area contributed by atoms with Gasteiger partial charge in [-0.1, -0.05) is 0 Å². The summed E-state index contributed by atoms with van der Waals surface area (Å²) in [6, 6.07) is 1.77. The molecule has 1 aliphatic rings. The van der Waals surface area contributed by atoms with Crippen molar-refractivity contribution >= 4 is 11.3 Å². The minimum atomic E-state index is -2.64. The molecule has 0 unspecified atom stereocenters. The molecule has 4 heteroatoms. The zero-order chi connectivity index (χ0) is 11.6. The normalized spacial score (nSPS) is 18.9. The van der Waals surface area contributed by atoms with Crippen molar-refractivity contribution in [2.45, 2.75) is 32.1 Å². The molecule has 1 fully saturated rings. The highest BCUT2D eigenvalue weighted by Gasteiger charge is 2.37. The van der Waals surface area contributed by atoms with Crippen molar-refractivity contribution in [2.75, 3.05) is 13.1 Å². The summed E-state index contributed by atoms with van der Waals surface area (Å²) in [5, 5.41) is 4.96. The van der Waals surface area contributed by atoms with E-state index < -0.39 is 5.92 Å². The lowest BCUT2D eigenvalue weighted by Gasteiger charge is -2.26. The van der Waals surface area contributed by atoms with Crippen LogP contribution in [0.15, 0.2) is 11.4 Å². The molecule has 0 bridgehead atoms. The Hall–Kier alpha value is -0.480. The second kappa shape index (κ2) is 4.80. The van der Waals surface area contributed by atoms with Crippen LogP contribution in [-0.2, 0) is 5.92 Å². The monoisotopic (exact) mass is 245 g/mol. The van der Waals surface area contributed by atoms with E-state index in [1.807, 2.05) is 0 Å². The van der Waals surface area contributed by atoms with E-state index in [0.29, 0.717) is 0 Å². The molecule has 1 aromatic rings. The van der Waals surface area contributed by atoms with Crippen molar-refractivity contribution in [2.24, 2.45) is 5.92 Å². The Bertz CT molecular complexity index is 343. The molecule has 0 saturated carbocycles. The fourth-order valence-electron chi connectivity index (χ4n) is 2.29. The second-order valence-electron chi connectivity index (χ2n) is 4.53. The van der Waals surface area contributed by atoms with Gasteiger partial charge >= 0.3 is 0 Å². The third-order valence-electron chi connectivity index (χ3n) is 3.20. The maximum Gasteiger partial charge on any atom is 0.282 e. The summed E-state index contributed by atoms with van der Waals surface area (Å²) >= 11 is 1.18. The number of rotatable bonds is 3. The number of piperidine rings is 1. The van der Waals surface area contributed by atoms with Gasteiger partial charge in [-0.3, -0.25) is 0 Å². The van der Waals surface area contributed by atoms with E-state index in [-0.39, 0.29) is 17.2 Å². The predicted molar refractivity (Wildman–Crippen MR) is 63.2 cm³/mol. The minimum Gasteiger partial charge on any atom is -0.317 e. The summed E-state index contributed by atoms with van der Waals surface area (Å²) in [6.07, 6.45) is 1.76. The maximum absolute atomic E-state index is 14.0. The molecule has 1 saturated heterocycles. The van der Waals surface area contributed by atoms with Crippen molar-refractivity contribution < 1.29 is 8.78 Å². The molecule has 1 aromatic heterocycles. The van der Waals surface area contributed by atoms with Gasteiger partial charge in [-0.2, -0.15) is 0 Å². The molecule has 1 nitrogen and oxygen atoms in total. The highest BCUT2D eigenvalue weighted by Crippen LogP contribution is 2.41. The highest BCUT2D eigenvalue weighted by atomic mass is 32.1. The first-order chi connectivity index (χ1) is 7.59. The molecule has 0 amide bonds. The topological polar surface area (TPSA) is 12.0 Å². The summed E-state index contributed by atoms with van der Waals surface area (Å²) in [7, 11) is 0. The van der Waals surface area contributed by atoms with Gasteiger partial charge in [0.2, 0.25) is 0 Å². The average Bonchev–Trinajstić information content (AvgIpc) is 2.66. The van der Waals surface area contributed by atoms with Crippen LogP contribution in [0.5, 0.6) is 0 Å². The zero-order valence-electron chi connectivity index (χ0n) is 9.43.